The van der Waals surface area contributed by atoms with Crippen molar-refractivity contribution in [2.24, 2.45) is 5.73 Å². The van der Waals surface area contributed by atoms with Crippen molar-refractivity contribution in [1.82, 2.24) is 0 Å². The van der Waals surface area contributed by atoms with Crippen LogP contribution in [0.1, 0.15) is 38.7 Å². The summed E-state index contributed by atoms with van der Waals surface area (Å²) in [5.41, 5.74) is 7.26. The van der Waals surface area contributed by atoms with Gasteiger partial charge in [0.15, 0.2) is 0 Å². The molecule has 17 heavy (non-hydrogen) atoms. The van der Waals surface area contributed by atoms with Gasteiger partial charge in [-0.1, -0.05) is 37.9 Å². The summed E-state index contributed by atoms with van der Waals surface area (Å²) in [6, 6.07) is 6.35. The quantitative estimate of drug-likeness (QED) is 0.583. The van der Waals surface area contributed by atoms with E-state index in [1.807, 2.05) is 23.9 Å². The third-order valence-corrected chi connectivity index (χ3v) is 4.36. The van der Waals surface area contributed by atoms with Crippen LogP contribution in [0.15, 0.2) is 23.1 Å². The maximum atomic E-state index is 6.27. The highest BCUT2D eigenvalue weighted by molar-refractivity contribution is 7.99. The monoisotopic (exact) mass is 271 g/mol. The molecule has 0 aliphatic heterocycles. The Labute approximate surface area is 114 Å². The predicted molar refractivity (Wildman–Crippen MR) is 79.1 cm³/mol. The Morgan fingerprint density at radius 3 is 2.76 bits per heavy atom. The smallest absolute Gasteiger partial charge is 0.0449 e. The largest absolute Gasteiger partial charge is 0.327 e. The van der Waals surface area contributed by atoms with Crippen molar-refractivity contribution < 1.29 is 0 Å². The zero-order valence-electron chi connectivity index (χ0n) is 10.7. The van der Waals surface area contributed by atoms with Gasteiger partial charge in [-0.05, 0) is 42.7 Å². The fourth-order valence-corrected chi connectivity index (χ4v) is 3.11. The lowest BCUT2D eigenvalue weighted by atomic mass is 10.0. The molecule has 1 aromatic rings. The molecule has 0 bridgehead atoms. The fraction of sp³-hybridized carbons (Fsp3) is 0.571. The first-order chi connectivity index (χ1) is 8.19. The van der Waals surface area contributed by atoms with Crippen LogP contribution in [0.5, 0.6) is 0 Å². The first-order valence-corrected chi connectivity index (χ1v) is 7.71. The molecule has 1 unspecified atom stereocenters. The standard InChI is InChI=1S/C14H22ClNS/c1-3-5-9-17-14-8-6-7-13(15)12(14)10-11(16)4-2/h6-8,11H,3-5,9-10,16H2,1-2H3. The highest BCUT2D eigenvalue weighted by Gasteiger charge is 2.10. The van der Waals surface area contributed by atoms with Gasteiger partial charge in [-0.3, -0.25) is 0 Å². The van der Waals surface area contributed by atoms with Gasteiger partial charge in [0, 0.05) is 16.0 Å². The van der Waals surface area contributed by atoms with Crippen LogP contribution < -0.4 is 5.73 Å². The predicted octanol–water partition coefficient (Wildman–Crippen LogP) is 4.51. The molecule has 2 N–H and O–H groups in total. The van der Waals surface area contributed by atoms with Crippen molar-refractivity contribution in [2.75, 3.05) is 5.75 Å². The Hall–Kier alpha value is -0.180. The summed E-state index contributed by atoms with van der Waals surface area (Å²) >= 11 is 8.17. The normalized spacial score (nSPS) is 12.7. The topological polar surface area (TPSA) is 26.0 Å². The van der Waals surface area contributed by atoms with Crippen LogP contribution in [-0.4, -0.2) is 11.8 Å². The number of benzene rings is 1. The molecule has 0 spiro atoms. The van der Waals surface area contributed by atoms with E-state index in [4.69, 9.17) is 17.3 Å². The van der Waals surface area contributed by atoms with Gasteiger partial charge in [-0.15, -0.1) is 11.8 Å². The van der Waals surface area contributed by atoms with Crippen LogP contribution in [0.2, 0.25) is 5.02 Å². The van der Waals surface area contributed by atoms with E-state index in [0.717, 1.165) is 23.6 Å². The van der Waals surface area contributed by atoms with Crippen LogP contribution in [-0.2, 0) is 6.42 Å². The molecule has 1 rings (SSSR count). The van der Waals surface area contributed by atoms with Gasteiger partial charge in [0.05, 0.1) is 0 Å². The zero-order valence-corrected chi connectivity index (χ0v) is 12.3. The highest BCUT2D eigenvalue weighted by Crippen LogP contribution is 2.30. The molecule has 0 radical (unpaired) electrons. The number of halogens is 1. The van der Waals surface area contributed by atoms with Gasteiger partial charge in [0.1, 0.15) is 0 Å². The van der Waals surface area contributed by atoms with Crippen LogP contribution in [0, 0.1) is 0 Å². The SMILES string of the molecule is CCCCSc1cccc(Cl)c1CC(N)CC. The van der Waals surface area contributed by atoms with Crippen molar-refractivity contribution in [1.29, 1.82) is 0 Å². The Morgan fingerprint density at radius 1 is 1.35 bits per heavy atom. The Kier molecular flexibility index (Phi) is 7.02. The van der Waals surface area contributed by atoms with Crippen molar-refractivity contribution in [2.45, 2.75) is 50.5 Å². The van der Waals surface area contributed by atoms with Gasteiger partial charge in [0.2, 0.25) is 0 Å². The van der Waals surface area contributed by atoms with E-state index in [0.29, 0.717) is 0 Å². The minimum absolute atomic E-state index is 0.209. The lowest BCUT2D eigenvalue weighted by Crippen LogP contribution is -2.21. The van der Waals surface area contributed by atoms with Gasteiger partial charge in [-0.25, -0.2) is 0 Å². The van der Waals surface area contributed by atoms with E-state index in [9.17, 15) is 0 Å². The lowest BCUT2D eigenvalue weighted by Gasteiger charge is -2.14. The third kappa shape index (κ3) is 4.90. The number of thioether (sulfide) groups is 1. The van der Waals surface area contributed by atoms with Crippen molar-refractivity contribution in [3.63, 3.8) is 0 Å². The summed E-state index contributed by atoms with van der Waals surface area (Å²) in [4.78, 5) is 1.30. The number of nitrogens with two attached hydrogens (primary N) is 1. The first-order valence-electron chi connectivity index (χ1n) is 6.34. The maximum absolute atomic E-state index is 6.27. The minimum Gasteiger partial charge on any atom is -0.327 e. The van der Waals surface area contributed by atoms with Crippen LogP contribution in [0.3, 0.4) is 0 Å². The van der Waals surface area contributed by atoms with Crippen molar-refractivity contribution in [3.05, 3.63) is 28.8 Å². The van der Waals surface area contributed by atoms with E-state index in [1.54, 1.807) is 0 Å². The molecule has 3 heteroatoms. The second kappa shape index (κ2) is 8.02. The fourth-order valence-electron chi connectivity index (χ4n) is 1.61. The van der Waals surface area contributed by atoms with E-state index >= 15 is 0 Å². The molecule has 0 saturated carbocycles. The first kappa shape index (κ1) is 14.9. The van der Waals surface area contributed by atoms with Crippen LogP contribution in [0.4, 0.5) is 0 Å². The summed E-state index contributed by atoms with van der Waals surface area (Å²) in [5.74, 6) is 1.16. The zero-order chi connectivity index (χ0) is 12.7. The van der Waals surface area contributed by atoms with Gasteiger partial charge in [0.25, 0.3) is 0 Å². The molecular weight excluding hydrogens is 250 g/mol. The number of hydrogen-bond acceptors (Lipinski definition) is 2. The van der Waals surface area contributed by atoms with E-state index in [2.05, 4.69) is 19.9 Å². The average molecular weight is 272 g/mol. The number of unbranched alkanes of at least 4 members (excludes halogenated alkanes) is 1. The van der Waals surface area contributed by atoms with Gasteiger partial charge in [-0.2, -0.15) is 0 Å². The summed E-state index contributed by atoms with van der Waals surface area (Å²) in [6.07, 6.45) is 4.35. The molecule has 0 amide bonds. The molecule has 96 valence electrons. The number of rotatable bonds is 7. The second-order valence-electron chi connectivity index (χ2n) is 4.29. The highest BCUT2D eigenvalue weighted by atomic mass is 35.5. The molecule has 0 fully saturated rings. The van der Waals surface area contributed by atoms with Crippen molar-refractivity contribution >= 4 is 23.4 Å². The molecule has 0 saturated heterocycles. The van der Waals surface area contributed by atoms with E-state index in [-0.39, 0.29) is 6.04 Å². The molecule has 1 atom stereocenters. The average Bonchev–Trinajstić information content (AvgIpc) is 2.33. The summed E-state index contributed by atoms with van der Waals surface area (Å²) in [5, 5.41) is 0.857. The van der Waals surface area contributed by atoms with Gasteiger partial charge >= 0.3 is 0 Å². The third-order valence-electron chi connectivity index (χ3n) is 2.82. The Bertz CT molecular complexity index is 341. The molecule has 0 aromatic heterocycles. The van der Waals surface area contributed by atoms with E-state index < -0.39 is 0 Å². The molecule has 0 heterocycles. The minimum atomic E-state index is 0.209. The van der Waals surface area contributed by atoms with E-state index in [1.165, 1.54) is 23.3 Å². The van der Waals surface area contributed by atoms with Gasteiger partial charge < -0.3 is 5.73 Å². The lowest BCUT2D eigenvalue weighted by molar-refractivity contribution is 0.641. The summed E-state index contributed by atoms with van der Waals surface area (Å²) in [6.45, 7) is 4.33. The maximum Gasteiger partial charge on any atom is 0.0449 e. The van der Waals surface area contributed by atoms with Crippen molar-refractivity contribution in [3.8, 4) is 0 Å². The Morgan fingerprint density at radius 2 is 2.12 bits per heavy atom. The summed E-state index contributed by atoms with van der Waals surface area (Å²) < 4.78 is 0. The molecular formula is C14H22ClNS. The molecule has 0 aliphatic carbocycles. The summed E-state index contributed by atoms with van der Waals surface area (Å²) in [7, 11) is 0. The molecule has 1 nitrogen and oxygen atoms in total. The number of hydrogen-bond donors (Lipinski definition) is 1. The van der Waals surface area contributed by atoms with Crippen LogP contribution in [0.25, 0.3) is 0 Å². The Balaban J connectivity index is 2.76. The second-order valence-corrected chi connectivity index (χ2v) is 5.83. The van der Waals surface area contributed by atoms with Crippen LogP contribution >= 0.6 is 23.4 Å². The molecule has 1 aromatic carbocycles. The molecule has 0 aliphatic rings.